The molecule has 0 spiro atoms. The first kappa shape index (κ1) is 25.1. The maximum Gasteiger partial charge on any atom is 0.522 e. The minimum absolute atomic E-state index is 0.0404. The predicted octanol–water partition coefficient (Wildman–Crippen LogP) is 5.08. The van der Waals surface area contributed by atoms with Gasteiger partial charge >= 0.3 is 12.5 Å². The number of methoxy groups -OCH3 is 1. The number of anilines is 2. The summed E-state index contributed by atoms with van der Waals surface area (Å²) < 4.78 is 90.1. The van der Waals surface area contributed by atoms with Crippen molar-refractivity contribution in [3.05, 3.63) is 47.3 Å². The highest BCUT2D eigenvalue weighted by molar-refractivity contribution is 5.91. The predicted molar refractivity (Wildman–Crippen MR) is 112 cm³/mol. The first-order chi connectivity index (χ1) is 15.9. The minimum Gasteiger partial charge on any atom is -0.493 e. The summed E-state index contributed by atoms with van der Waals surface area (Å²) in [6.07, 6.45) is -9.34. The van der Waals surface area contributed by atoms with Crippen LogP contribution in [0, 0.1) is 6.92 Å². The molecule has 2 aromatic carbocycles. The number of alkyl halides is 6. The minimum atomic E-state index is -4.79. The second kappa shape index (κ2) is 9.79. The van der Waals surface area contributed by atoms with Crippen LogP contribution in [0.15, 0.2) is 30.3 Å². The molecule has 0 radical (unpaired) electrons. The second-order valence-corrected chi connectivity index (χ2v) is 7.10. The lowest BCUT2D eigenvalue weighted by Crippen LogP contribution is -2.18. The number of nitrogens with one attached hydrogen (secondary N) is 1. The van der Waals surface area contributed by atoms with Crippen LogP contribution in [0.25, 0.3) is 10.9 Å². The SMILES string of the molecule is COc1cc2nc(C)nc(NCc3cc(N)cc(C(F)(F)F)c3)c2cc1OCCOC(F)(F)F. The second-order valence-electron chi connectivity index (χ2n) is 7.10. The van der Waals surface area contributed by atoms with Gasteiger partial charge in [0, 0.05) is 23.7 Å². The molecule has 0 saturated carbocycles. The Hall–Kier alpha value is -3.48. The molecular formula is C21H20F6N4O3. The van der Waals surface area contributed by atoms with E-state index in [1.54, 1.807) is 6.92 Å². The summed E-state index contributed by atoms with van der Waals surface area (Å²) in [5.41, 5.74) is 5.38. The van der Waals surface area contributed by atoms with Crippen molar-refractivity contribution in [2.45, 2.75) is 26.0 Å². The van der Waals surface area contributed by atoms with Gasteiger partial charge in [-0.25, -0.2) is 9.97 Å². The Morgan fingerprint density at radius 2 is 1.68 bits per heavy atom. The largest absolute Gasteiger partial charge is 0.522 e. The molecule has 1 aromatic heterocycles. The van der Waals surface area contributed by atoms with E-state index in [-0.39, 0.29) is 35.1 Å². The zero-order valence-electron chi connectivity index (χ0n) is 18.0. The van der Waals surface area contributed by atoms with Gasteiger partial charge in [-0.3, -0.25) is 4.74 Å². The molecule has 1 heterocycles. The van der Waals surface area contributed by atoms with Gasteiger partial charge in [-0.2, -0.15) is 13.2 Å². The summed E-state index contributed by atoms with van der Waals surface area (Å²) in [6, 6.07) is 6.18. The van der Waals surface area contributed by atoms with E-state index in [2.05, 4.69) is 20.0 Å². The number of ether oxygens (including phenoxy) is 3. The van der Waals surface area contributed by atoms with Gasteiger partial charge in [-0.15, -0.1) is 13.2 Å². The van der Waals surface area contributed by atoms with E-state index in [4.69, 9.17) is 15.2 Å². The van der Waals surface area contributed by atoms with Gasteiger partial charge in [0.05, 0.1) is 24.8 Å². The van der Waals surface area contributed by atoms with Crippen molar-refractivity contribution in [1.29, 1.82) is 0 Å². The molecule has 0 amide bonds. The van der Waals surface area contributed by atoms with Crippen molar-refractivity contribution in [3.63, 3.8) is 0 Å². The number of hydrogen-bond acceptors (Lipinski definition) is 7. The quantitative estimate of drug-likeness (QED) is 0.259. The molecule has 0 saturated heterocycles. The highest BCUT2D eigenvalue weighted by atomic mass is 19.4. The number of nitrogens with zero attached hydrogens (tertiary/aromatic N) is 2. The lowest BCUT2D eigenvalue weighted by Gasteiger charge is -2.15. The smallest absolute Gasteiger partial charge is 0.493 e. The molecule has 3 rings (SSSR count). The number of halogens is 6. The fourth-order valence-corrected chi connectivity index (χ4v) is 3.14. The van der Waals surface area contributed by atoms with Gasteiger partial charge in [0.15, 0.2) is 11.5 Å². The van der Waals surface area contributed by atoms with E-state index >= 15 is 0 Å². The van der Waals surface area contributed by atoms with E-state index in [9.17, 15) is 26.3 Å². The molecule has 0 aliphatic rings. The Balaban J connectivity index is 1.88. The van der Waals surface area contributed by atoms with Crippen LogP contribution >= 0.6 is 0 Å². The summed E-state index contributed by atoms with van der Waals surface area (Å²) in [5, 5.41) is 3.37. The van der Waals surface area contributed by atoms with Crippen LogP contribution < -0.4 is 20.5 Å². The van der Waals surface area contributed by atoms with Crippen molar-refractivity contribution in [3.8, 4) is 11.5 Å². The third-order valence-electron chi connectivity index (χ3n) is 4.50. The molecule has 0 fully saturated rings. The molecule has 3 aromatic rings. The molecule has 0 aliphatic carbocycles. The van der Waals surface area contributed by atoms with Gasteiger partial charge in [0.25, 0.3) is 0 Å². The molecule has 0 bridgehead atoms. The summed E-state index contributed by atoms with van der Waals surface area (Å²) >= 11 is 0. The van der Waals surface area contributed by atoms with Gasteiger partial charge in [-0.1, -0.05) is 0 Å². The molecule has 34 heavy (non-hydrogen) atoms. The van der Waals surface area contributed by atoms with E-state index < -0.39 is 31.3 Å². The van der Waals surface area contributed by atoms with E-state index in [1.807, 2.05) is 0 Å². The molecule has 13 heteroatoms. The number of nitrogens with two attached hydrogens (primary N) is 1. The Kier molecular flexibility index (Phi) is 7.24. The van der Waals surface area contributed by atoms with E-state index in [1.165, 1.54) is 25.3 Å². The van der Waals surface area contributed by atoms with Crippen LogP contribution in [0.5, 0.6) is 11.5 Å². The summed E-state index contributed by atoms with van der Waals surface area (Å²) in [4.78, 5) is 8.59. The Morgan fingerprint density at radius 1 is 0.941 bits per heavy atom. The summed E-state index contributed by atoms with van der Waals surface area (Å²) in [5.74, 6) is 0.971. The van der Waals surface area contributed by atoms with Gasteiger partial charge in [-0.05, 0) is 36.8 Å². The highest BCUT2D eigenvalue weighted by Crippen LogP contribution is 2.35. The van der Waals surface area contributed by atoms with Gasteiger partial charge in [0.2, 0.25) is 0 Å². The van der Waals surface area contributed by atoms with Crippen LogP contribution in [0.2, 0.25) is 0 Å². The first-order valence-corrected chi connectivity index (χ1v) is 9.76. The number of nitrogen functional groups attached to an aromatic ring is 1. The van der Waals surface area contributed by atoms with Crippen molar-refractivity contribution >= 4 is 22.4 Å². The number of aromatic nitrogens is 2. The van der Waals surface area contributed by atoms with Crippen LogP contribution in [-0.4, -0.2) is 36.7 Å². The molecule has 0 aliphatic heterocycles. The molecule has 0 atom stereocenters. The molecule has 184 valence electrons. The molecule has 7 nitrogen and oxygen atoms in total. The lowest BCUT2D eigenvalue weighted by atomic mass is 10.1. The van der Waals surface area contributed by atoms with Crippen molar-refractivity contribution < 1.29 is 40.6 Å². The molecular weight excluding hydrogens is 470 g/mol. The lowest BCUT2D eigenvalue weighted by molar-refractivity contribution is -0.325. The number of benzene rings is 2. The standard InChI is InChI=1S/C21H20F6N4O3/c1-11-30-16-9-17(32-2)18(33-3-4-34-21(25,26)27)8-15(16)19(31-11)29-10-12-5-13(20(22,23)24)7-14(28)6-12/h5-9H,3-4,10,28H2,1-2H3,(H,29,30,31). The summed E-state index contributed by atoms with van der Waals surface area (Å²) in [7, 11) is 1.35. The normalized spacial score (nSPS) is 12.1. The number of aryl methyl sites for hydroxylation is 1. The van der Waals surface area contributed by atoms with Crippen LogP contribution in [0.3, 0.4) is 0 Å². The maximum absolute atomic E-state index is 13.1. The van der Waals surface area contributed by atoms with Crippen LogP contribution in [0.1, 0.15) is 17.0 Å². The fraction of sp³-hybridized carbons (Fsp3) is 0.333. The van der Waals surface area contributed by atoms with Gasteiger partial charge in [0.1, 0.15) is 18.2 Å². The number of fused-ring (bicyclic) bond motifs is 1. The van der Waals surface area contributed by atoms with Crippen LogP contribution in [-0.2, 0) is 17.5 Å². The topological polar surface area (TPSA) is 91.5 Å². The maximum atomic E-state index is 13.1. The number of rotatable bonds is 8. The summed E-state index contributed by atoms with van der Waals surface area (Å²) in [6.45, 7) is 0.428. The van der Waals surface area contributed by atoms with Crippen LogP contribution in [0.4, 0.5) is 37.8 Å². The van der Waals surface area contributed by atoms with Crippen molar-refractivity contribution in [2.24, 2.45) is 0 Å². The zero-order chi connectivity index (χ0) is 25.1. The Labute approximate surface area is 189 Å². The molecule has 0 unspecified atom stereocenters. The zero-order valence-corrected chi connectivity index (χ0v) is 18.0. The van der Waals surface area contributed by atoms with E-state index in [0.717, 1.165) is 12.1 Å². The Morgan fingerprint density at radius 3 is 2.32 bits per heavy atom. The van der Waals surface area contributed by atoms with Gasteiger partial charge < -0.3 is 20.5 Å². The average Bonchev–Trinajstić information content (AvgIpc) is 2.73. The van der Waals surface area contributed by atoms with E-state index in [0.29, 0.717) is 16.7 Å². The first-order valence-electron chi connectivity index (χ1n) is 9.76. The van der Waals surface area contributed by atoms with Crippen molar-refractivity contribution in [2.75, 3.05) is 31.4 Å². The fourth-order valence-electron chi connectivity index (χ4n) is 3.14. The highest BCUT2D eigenvalue weighted by Gasteiger charge is 2.31. The van der Waals surface area contributed by atoms with Crippen molar-refractivity contribution in [1.82, 2.24) is 9.97 Å². The monoisotopic (exact) mass is 490 g/mol. The Bertz CT molecular complexity index is 1170. The third kappa shape index (κ3) is 6.53. The number of hydrogen-bond donors (Lipinski definition) is 2. The molecule has 3 N–H and O–H groups in total. The third-order valence-corrected chi connectivity index (χ3v) is 4.50. The average molecular weight is 490 g/mol.